The third kappa shape index (κ3) is 2.68. The third-order valence-corrected chi connectivity index (χ3v) is 3.96. The highest BCUT2D eigenvalue weighted by molar-refractivity contribution is 5.47. The smallest absolute Gasteiger partial charge is 0.0624 e. The molecule has 1 fully saturated rings. The molecule has 2 rings (SSSR count). The van der Waals surface area contributed by atoms with Crippen LogP contribution in [0.2, 0.25) is 0 Å². The van der Waals surface area contributed by atoms with Crippen LogP contribution in [0.25, 0.3) is 0 Å². The van der Waals surface area contributed by atoms with E-state index < -0.39 is 0 Å². The number of rotatable bonds is 4. The van der Waals surface area contributed by atoms with Crippen LogP contribution in [0.1, 0.15) is 19.4 Å². The minimum Gasteiger partial charge on any atom is -0.379 e. The Labute approximate surface area is 110 Å². The molecule has 2 atom stereocenters. The van der Waals surface area contributed by atoms with Crippen LogP contribution < -0.4 is 10.6 Å². The summed E-state index contributed by atoms with van der Waals surface area (Å²) >= 11 is 0. The molecule has 2 unspecified atom stereocenters. The van der Waals surface area contributed by atoms with Crippen LogP contribution in [-0.4, -0.2) is 32.3 Å². The molecular formula is C15H24N2O. The van der Waals surface area contributed by atoms with E-state index >= 15 is 0 Å². The minimum atomic E-state index is 0.0564. The van der Waals surface area contributed by atoms with Crippen LogP contribution in [0.15, 0.2) is 24.3 Å². The van der Waals surface area contributed by atoms with Crippen LogP contribution in [0, 0.1) is 12.3 Å². The van der Waals surface area contributed by atoms with Gasteiger partial charge in [0.2, 0.25) is 0 Å². The number of ether oxygens (including phenoxy) is 1. The van der Waals surface area contributed by atoms with Gasteiger partial charge in [-0.1, -0.05) is 24.6 Å². The summed E-state index contributed by atoms with van der Waals surface area (Å²) in [5.41, 5.74) is 8.78. The molecule has 0 amide bonds. The van der Waals surface area contributed by atoms with E-state index in [1.165, 1.54) is 11.3 Å². The van der Waals surface area contributed by atoms with Crippen molar-refractivity contribution < 1.29 is 4.74 Å². The van der Waals surface area contributed by atoms with Gasteiger partial charge >= 0.3 is 0 Å². The molecule has 2 N–H and O–H groups in total. The van der Waals surface area contributed by atoms with Crippen LogP contribution in [0.3, 0.4) is 0 Å². The summed E-state index contributed by atoms with van der Waals surface area (Å²) in [6.45, 7) is 9.91. The standard InChI is InChI=1S/C15H24N2O/c1-4-17(13-7-5-12(2)6-8-13)10-15(3)11-18-9-14(15)16/h5-8,14H,4,9-11,16H2,1-3H3. The first-order valence-corrected chi connectivity index (χ1v) is 6.70. The number of hydrogen-bond acceptors (Lipinski definition) is 3. The van der Waals surface area contributed by atoms with Crippen molar-refractivity contribution in [2.75, 3.05) is 31.2 Å². The number of nitrogens with two attached hydrogens (primary N) is 1. The quantitative estimate of drug-likeness (QED) is 0.887. The molecule has 1 aliphatic heterocycles. The molecular weight excluding hydrogens is 224 g/mol. The van der Waals surface area contributed by atoms with E-state index in [1.807, 2.05) is 0 Å². The molecule has 0 spiro atoms. The van der Waals surface area contributed by atoms with Gasteiger partial charge in [0.1, 0.15) is 0 Å². The van der Waals surface area contributed by atoms with Crippen LogP contribution in [0.4, 0.5) is 5.69 Å². The number of aryl methyl sites for hydroxylation is 1. The third-order valence-electron chi connectivity index (χ3n) is 3.96. The molecule has 0 aliphatic carbocycles. The van der Waals surface area contributed by atoms with Crippen LogP contribution >= 0.6 is 0 Å². The summed E-state index contributed by atoms with van der Waals surface area (Å²) in [4.78, 5) is 2.38. The van der Waals surface area contributed by atoms with Gasteiger partial charge in [-0.2, -0.15) is 0 Å². The van der Waals surface area contributed by atoms with Gasteiger partial charge in [0.15, 0.2) is 0 Å². The lowest BCUT2D eigenvalue weighted by atomic mass is 9.85. The Kier molecular flexibility index (Phi) is 3.93. The average molecular weight is 248 g/mol. The molecule has 1 aromatic carbocycles. The predicted octanol–water partition coefficient (Wildman–Crippen LogP) is 2.19. The van der Waals surface area contributed by atoms with E-state index in [0.29, 0.717) is 6.61 Å². The number of nitrogens with zero attached hydrogens (tertiary/aromatic N) is 1. The van der Waals surface area contributed by atoms with Crippen molar-refractivity contribution in [1.82, 2.24) is 0 Å². The molecule has 0 radical (unpaired) electrons. The lowest BCUT2D eigenvalue weighted by molar-refractivity contribution is 0.161. The molecule has 18 heavy (non-hydrogen) atoms. The van der Waals surface area contributed by atoms with Crippen molar-refractivity contribution in [3.63, 3.8) is 0 Å². The van der Waals surface area contributed by atoms with Gasteiger partial charge in [0.05, 0.1) is 13.2 Å². The number of hydrogen-bond donors (Lipinski definition) is 1. The second-order valence-corrected chi connectivity index (χ2v) is 5.63. The van der Waals surface area contributed by atoms with E-state index in [9.17, 15) is 0 Å². The van der Waals surface area contributed by atoms with Gasteiger partial charge in [0.25, 0.3) is 0 Å². The molecule has 0 bridgehead atoms. The number of benzene rings is 1. The van der Waals surface area contributed by atoms with Gasteiger partial charge in [-0.25, -0.2) is 0 Å². The minimum absolute atomic E-state index is 0.0564. The molecule has 0 saturated carbocycles. The molecule has 1 saturated heterocycles. The van der Waals surface area contributed by atoms with E-state index in [4.69, 9.17) is 10.5 Å². The van der Waals surface area contributed by atoms with E-state index in [-0.39, 0.29) is 11.5 Å². The summed E-state index contributed by atoms with van der Waals surface area (Å²) < 4.78 is 5.52. The van der Waals surface area contributed by atoms with Crippen molar-refractivity contribution in [2.45, 2.75) is 26.8 Å². The highest BCUT2D eigenvalue weighted by atomic mass is 16.5. The van der Waals surface area contributed by atoms with E-state index in [0.717, 1.165) is 19.7 Å². The van der Waals surface area contributed by atoms with Crippen molar-refractivity contribution >= 4 is 5.69 Å². The lowest BCUT2D eigenvalue weighted by Crippen LogP contribution is -2.47. The first-order chi connectivity index (χ1) is 8.55. The van der Waals surface area contributed by atoms with Gasteiger partial charge in [-0.15, -0.1) is 0 Å². The second-order valence-electron chi connectivity index (χ2n) is 5.63. The Morgan fingerprint density at radius 2 is 2.06 bits per heavy atom. The monoisotopic (exact) mass is 248 g/mol. The highest BCUT2D eigenvalue weighted by Crippen LogP contribution is 2.30. The zero-order valence-electron chi connectivity index (χ0n) is 11.6. The Morgan fingerprint density at radius 3 is 2.56 bits per heavy atom. The molecule has 100 valence electrons. The Hall–Kier alpha value is -1.06. The van der Waals surface area contributed by atoms with Gasteiger partial charge in [-0.05, 0) is 26.0 Å². The fourth-order valence-corrected chi connectivity index (χ4v) is 2.47. The first kappa shape index (κ1) is 13.4. The largest absolute Gasteiger partial charge is 0.379 e. The highest BCUT2D eigenvalue weighted by Gasteiger charge is 2.38. The molecule has 3 nitrogen and oxygen atoms in total. The summed E-state index contributed by atoms with van der Waals surface area (Å²) in [6.07, 6.45) is 0. The van der Waals surface area contributed by atoms with Crippen LogP contribution in [0.5, 0.6) is 0 Å². The van der Waals surface area contributed by atoms with Crippen molar-refractivity contribution in [1.29, 1.82) is 0 Å². The Morgan fingerprint density at radius 1 is 1.39 bits per heavy atom. The fourth-order valence-electron chi connectivity index (χ4n) is 2.47. The fraction of sp³-hybridized carbons (Fsp3) is 0.600. The van der Waals surface area contributed by atoms with Gasteiger partial charge in [0, 0.05) is 30.2 Å². The Balaban J connectivity index is 2.12. The van der Waals surface area contributed by atoms with Crippen LogP contribution in [-0.2, 0) is 4.74 Å². The van der Waals surface area contributed by atoms with Crippen molar-refractivity contribution in [3.8, 4) is 0 Å². The van der Waals surface area contributed by atoms with Crippen molar-refractivity contribution in [3.05, 3.63) is 29.8 Å². The maximum atomic E-state index is 6.17. The summed E-state index contributed by atoms with van der Waals surface area (Å²) in [5, 5.41) is 0. The maximum absolute atomic E-state index is 6.17. The van der Waals surface area contributed by atoms with E-state index in [1.54, 1.807) is 0 Å². The lowest BCUT2D eigenvalue weighted by Gasteiger charge is -2.35. The van der Waals surface area contributed by atoms with E-state index in [2.05, 4.69) is 49.9 Å². The van der Waals surface area contributed by atoms with Gasteiger partial charge in [-0.3, -0.25) is 0 Å². The van der Waals surface area contributed by atoms with Crippen molar-refractivity contribution in [2.24, 2.45) is 11.1 Å². The summed E-state index contributed by atoms with van der Waals surface area (Å²) in [6, 6.07) is 8.82. The zero-order valence-corrected chi connectivity index (χ0v) is 11.6. The average Bonchev–Trinajstić information content (AvgIpc) is 2.68. The second kappa shape index (κ2) is 5.29. The zero-order chi connectivity index (χ0) is 13.2. The topological polar surface area (TPSA) is 38.5 Å². The van der Waals surface area contributed by atoms with Gasteiger partial charge < -0.3 is 15.4 Å². The summed E-state index contributed by atoms with van der Waals surface area (Å²) in [7, 11) is 0. The molecule has 1 aromatic rings. The molecule has 1 heterocycles. The SMILES string of the molecule is CCN(CC1(C)COCC1N)c1ccc(C)cc1. The molecule has 0 aromatic heterocycles. The normalized spacial score (nSPS) is 27.4. The maximum Gasteiger partial charge on any atom is 0.0624 e. The summed E-state index contributed by atoms with van der Waals surface area (Å²) in [5.74, 6) is 0. The first-order valence-electron chi connectivity index (χ1n) is 6.70. The number of anilines is 1. The molecule has 1 aliphatic rings. The Bertz CT molecular complexity index is 390. The molecule has 3 heteroatoms. The predicted molar refractivity (Wildman–Crippen MR) is 76.0 cm³/mol.